The van der Waals surface area contributed by atoms with Crippen LogP contribution in [0, 0.1) is 5.92 Å². The first-order valence-corrected chi connectivity index (χ1v) is 8.19. The number of carbonyl (C=O) groups excluding carboxylic acids is 1. The summed E-state index contributed by atoms with van der Waals surface area (Å²) >= 11 is 0. The number of amides is 1. The highest BCUT2D eigenvalue weighted by Gasteiger charge is 2.30. The van der Waals surface area contributed by atoms with Gasteiger partial charge in [-0.3, -0.25) is 4.79 Å². The lowest BCUT2D eigenvalue weighted by Crippen LogP contribution is -2.49. The maximum Gasteiger partial charge on any atom is 0.292 e. The Morgan fingerprint density at radius 2 is 2.12 bits per heavy atom. The number of benzene rings is 1. The second-order valence-corrected chi connectivity index (χ2v) is 6.26. The van der Waals surface area contributed by atoms with Gasteiger partial charge in [0.2, 0.25) is 5.76 Å². The van der Waals surface area contributed by atoms with E-state index in [0.717, 1.165) is 30.8 Å². The second kappa shape index (κ2) is 7.05. The van der Waals surface area contributed by atoms with Gasteiger partial charge in [0.05, 0.1) is 7.11 Å². The van der Waals surface area contributed by atoms with E-state index < -0.39 is 0 Å². The van der Waals surface area contributed by atoms with Crippen molar-refractivity contribution in [3.05, 3.63) is 36.1 Å². The predicted octanol–water partition coefficient (Wildman–Crippen LogP) is 2.42. The molecule has 1 aliphatic rings. The van der Waals surface area contributed by atoms with Gasteiger partial charge >= 0.3 is 0 Å². The Labute approximate surface area is 141 Å². The Kier molecular flexibility index (Phi) is 4.85. The molecule has 1 N–H and O–H groups in total. The van der Waals surface area contributed by atoms with E-state index in [1.165, 1.54) is 0 Å². The van der Waals surface area contributed by atoms with Crippen molar-refractivity contribution in [1.29, 1.82) is 0 Å². The fourth-order valence-corrected chi connectivity index (χ4v) is 3.17. The van der Waals surface area contributed by atoms with Gasteiger partial charge in [-0.2, -0.15) is 0 Å². The smallest absolute Gasteiger partial charge is 0.292 e. The van der Waals surface area contributed by atoms with Crippen LogP contribution in [0.25, 0.3) is 11.3 Å². The molecule has 0 bridgehead atoms. The van der Waals surface area contributed by atoms with Crippen LogP contribution in [0.5, 0.6) is 5.75 Å². The van der Waals surface area contributed by atoms with Gasteiger partial charge in [0.25, 0.3) is 5.91 Å². The normalized spacial score (nSPS) is 20.6. The number of rotatable bonds is 4. The zero-order valence-electron chi connectivity index (χ0n) is 14.3. The molecule has 1 fully saturated rings. The molecule has 6 heteroatoms. The zero-order valence-corrected chi connectivity index (χ0v) is 14.3. The van der Waals surface area contributed by atoms with Gasteiger partial charge in [0.1, 0.15) is 11.4 Å². The molecule has 2 atom stereocenters. The van der Waals surface area contributed by atoms with Gasteiger partial charge in [-0.15, -0.1) is 0 Å². The number of ether oxygens (including phenoxy) is 1. The first kappa shape index (κ1) is 16.5. The highest BCUT2D eigenvalue weighted by molar-refractivity contribution is 5.92. The summed E-state index contributed by atoms with van der Waals surface area (Å²) < 4.78 is 10.4. The van der Waals surface area contributed by atoms with Crippen molar-refractivity contribution >= 4 is 5.91 Å². The third-order valence-corrected chi connectivity index (χ3v) is 4.66. The Bertz CT molecular complexity index is 696. The minimum atomic E-state index is -0.124. The molecular weight excluding hydrogens is 306 g/mol. The Morgan fingerprint density at radius 3 is 2.79 bits per heavy atom. The first-order valence-electron chi connectivity index (χ1n) is 8.19. The van der Waals surface area contributed by atoms with Gasteiger partial charge in [-0.1, -0.05) is 12.1 Å². The monoisotopic (exact) mass is 329 g/mol. The number of piperidine rings is 1. The quantitative estimate of drug-likeness (QED) is 0.933. The van der Waals surface area contributed by atoms with E-state index in [0.29, 0.717) is 11.6 Å². The van der Waals surface area contributed by atoms with Crippen LogP contribution >= 0.6 is 0 Å². The largest absolute Gasteiger partial charge is 0.497 e. The van der Waals surface area contributed by atoms with Gasteiger partial charge < -0.3 is 19.5 Å². The van der Waals surface area contributed by atoms with Crippen LogP contribution in [0.3, 0.4) is 0 Å². The van der Waals surface area contributed by atoms with Crippen molar-refractivity contribution in [2.24, 2.45) is 5.92 Å². The van der Waals surface area contributed by atoms with E-state index in [1.807, 2.05) is 31.3 Å². The summed E-state index contributed by atoms with van der Waals surface area (Å²) in [7, 11) is 3.46. The maximum absolute atomic E-state index is 12.7. The summed E-state index contributed by atoms with van der Waals surface area (Å²) in [5.41, 5.74) is 1.53. The molecule has 2 unspecified atom stereocenters. The molecule has 24 heavy (non-hydrogen) atoms. The summed E-state index contributed by atoms with van der Waals surface area (Å²) in [4.78, 5) is 14.5. The molecule has 2 aromatic rings. The molecule has 0 saturated carbocycles. The maximum atomic E-state index is 12.7. The molecule has 1 aliphatic heterocycles. The fraction of sp³-hybridized carbons (Fsp3) is 0.444. The molecule has 128 valence electrons. The van der Waals surface area contributed by atoms with Crippen LogP contribution in [0.4, 0.5) is 0 Å². The number of nitrogens with zero attached hydrogens (tertiary/aromatic N) is 2. The molecule has 1 aromatic carbocycles. The van der Waals surface area contributed by atoms with Crippen LogP contribution in [-0.4, -0.2) is 49.3 Å². The van der Waals surface area contributed by atoms with E-state index in [2.05, 4.69) is 17.4 Å². The lowest BCUT2D eigenvalue weighted by Gasteiger charge is -2.36. The van der Waals surface area contributed by atoms with Crippen molar-refractivity contribution in [1.82, 2.24) is 15.4 Å². The van der Waals surface area contributed by atoms with E-state index in [1.54, 1.807) is 18.1 Å². The zero-order chi connectivity index (χ0) is 17.1. The third-order valence-electron chi connectivity index (χ3n) is 4.66. The van der Waals surface area contributed by atoms with E-state index >= 15 is 0 Å². The van der Waals surface area contributed by atoms with Crippen molar-refractivity contribution in [3.63, 3.8) is 0 Å². The third kappa shape index (κ3) is 3.28. The van der Waals surface area contributed by atoms with Crippen molar-refractivity contribution in [2.75, 3.05) is 27.2 Å². The minimum Gasteiger partial charge on any atom is -0.497 e. The van der Waals surface area contributed by atoms with E-state index in [9.17, 15) is 4.79 Å². The number of aromatic nitrogens is 1. The molecule has 3 rings (SSSR count). The van der Waals surface area contributed by atoms with E-state index in [4.69, 9.17) is 9.26 Å². The van der Waals surface area contributed by atoms with Crippen LogP contribution in [0.1, 0.15) is 23.9 Å². The molecule has 0 radical (unpaired) electrons. The Hall–Kier alpha value is -2.34. The lowest BCUT2D eigenvalue weighted by atomic mass is 9.94. The highest BCUT2D eigenvalue weighted by atomic mass is 16.5. The molecule has 2 heterocycles. The number of nitrogens with one attached hydrogen (secondary N) is 1. The topological polar surface area (TPSA) is 67.6 Å². The fourth-order valence-electron chi connectivity index (χ4n) is 3.17. The van der Waals surface area contributed by atoms with Gasteiger partial charge in [0, 0.05) is 24.7 Å². The summed E-state index contributed by atoms with van der Waals surface area (Å²) in [6.45, 7) is 4.01. The lowest BCUT2D eigenvalue weighted by molar-refractivity contribution is 0.0602. The molecule has 0 aliphatic carbocycles. The summed E-state index contributed by atoms with van der Waals surface area (Å²) in [6, 6.07) is 9.41. The highest BCUT2D eigenvalue weighted by Crippen LogP contribution is 2.24. The number of carbonyl (C=O) groups is 1. The average molecular weight is 329 g/mol. The molecule has 1 saturated heterocycles. The summed E-state index contributed by atoms with van der Waals surface area (Å²) in [5, 5.41) is 7.38. The van der Waals surface area contributed by atoms with Crippen molar-refractivity contribution in [2.45, 2.75) is 19.4 Å². The van der Waals surface area contributed by atoms with Crippen LogP contribution in [0.15, 0.2) is 34.9 Å². The minimum absolute atomic E-state index is 0.124. The van der Waals surface area contributed by atoms with Crippen LogP contribution in [0.2, 0.25) is 0 Å². The van der Waals surface area contributed by atoms with Crippen molar-refractivity contribution in [3.8, 4) is 17.0 Å². The first-order chi connectivity index (χ1) is 11.6. The number of hydrogen-bond donors (Lipinski definition) is 1. The van der Waals surface area contributed by atoms with Gasteiger partial charge in [-0.05, 0) is 49.7 Å². The average Bonchev–Trinajstić information content (AvgIpc) is 3.11. The van der Waals surface area contributed by atoms with Crippen LogP contribution in [-0.2, 0) is 0 Å². The SMILES string of the molecule is COc1ccc(-c2cc(C(=O)N(C)C3CCNCC3C)on2)cc1. The van der Waals surface area contributed by atoms with Crippen LogP contribution < -0.4 is 10.1 Å². The molecule has 1 amide bonds. The van der Waals surface area contributed by atoms with Crippen molar-refractivity contribution < 1.29 is 14.1 Å². The Balaban J connectivity index is 1.75. The molecular formula is C18H23N3O3. The second-order valence-electron chi connectivity index (χ2n) is 6.26. The van der Waals surface area contributed by atoms with Gasteiger partial charge in [0.15, 0.2) is 0 Å². The number of methoxy groups -OCH3 is 1. The number of hydrogen-bond acceptors (Lipinski definition) is 5. The summed E-state index contributed by atoms with van der Waals surface area (Å²) in [5.74, 6) is 1.34. The summed E-state index contributed by atoms with van der Waals surface area (Å²) in [6.07, 6.45) is 0.947. The van der Waals surface area contributed by atoms with Gasteiger partial charge in [-0.25, -0.2) is 0 Å². The van der Waals surface area contributed by atoms with E-state index in [-0.39, 0.29) is 17.7 Å². The standard InChI is InChI=1S/C18H23N3O3/c1-12-11-19-9-8-16(12)21(2)18(22)17-10-15(20-24-17)13-4-6-14(23-3)7-5-13/h4-7,10,12,16,19H,8-9,11H2,1-3H3. The Morgan fingerprint density at radius 1 is 1.38 bits per heavy atom. The predicted molar refractivity (Wildman–Crippen MR) is 91.0 cm³/mol. The molecule has 6 nitrogen and oxygen atoms in total. The molecule has 1 aromatic heterocycles. The molecule has 0 spiro atoms.